The Morgan fingerprint density at radius 2 is 2.00 bits per heavy atom. The number of hydrogen-bond acceptors (Lipinski definition) is 2. The summed E-state index contributed by atoms with van der Waals surface area (Å²) in [4.78, 5) is 11.0. The number of aliphatic hydroxyl groups is 1. The summed E-state index contributed by atoms with van der Waals surface area (Å²) in [6, 6.07) is 0. The molecule has 76 valence electrons. The third-order valence-electron chi connectivity index (χ3n) is 3.08. The number of carbonyl (C=O) groups is 1. The van der Waals surface area contributed by atoms with Crippen molar-refractivity contribution in [1.29, 1.82) is 0 Å². The molecule has 0 aromatic carbocycles. The van der Waals surface area contributed by atoms with Gasteiger partial charge in [0.25, 0.3) is 0 Å². The first-order chi connectivity index (χ1) is 5.84. The van der Waals surface area contributed by atoms with E-state index in [1.807, 2.05) is 20.8 Å². The van der Waals surface area contributed by atoms with Crippen molar-refractivity contribution in [2.75, 3.05) is 0 Å². The van der Waals surface area contributed by atoms with Crippen LogP contribution in [-0.2, 0) is 4.79 Å². The molecule has 0 amide bonds. The Morgan fingerprint density at radius 3 is 2.38 bits per heavy atom. The predicted octanol–water partition coefficient (Wildman–Crippen LogP) is 1.50. The lowest BCUT2D eigenvalue weighted by Crippen LogP contribution is -2.43. The number of aliphatic carboxylic acids is 1. The Morgan fingerprint density at radius 1 is 1.46 bits per heavy atom. The highest BCUT2D eigenvalue weighted by Gasteiger charge is 2.44. The minimum Gasteiger partial charge on any atom is -0.481 e. The van der Waals surface area contributed by atoms with E-state index in [1.165, 1.54) is 0 Å². The number of aliphatic hydroxyl groups excluding tert-OH is 1. The smallest absolute Gasteiger partial charge is 0.307 e. The molecule has 0 saturated heterocycles. The summed E-state index contributed by atoms with van der Waals surface area (Å²) in [5, 5.41) is 18.6. The van der Waals surface area contributed by atoms with Gasteiger partial charge in [0.2, 0.25) is 0 Å². The molecule has 0 aliphatic heterocycles. The van der Waals surface area contributed by atoms with Crippen LogP contribution in [0.4, 0.5) is 0 Å². The molecule has 0 aromatic rings. The van der Waals surface area contributed by atoms with Crippen molar-refractivity contribution in [3.63, 3.8) is 0 Å². The molecule has 13 heavy (non-hydrogen) atoms. The largest absolute Gasteiger partial charge is 0.481 e. The van der Waals surface area contributed by atoms with E-state index in [9.17, 15) is 9.90 Å². The third kappa shape index (κ3) is 2.02. The van der Waals surface area contributed by atoms with E-state index in [1.54, 1.807) is 0 Å². The van der Waals surface area contributed by atoms with Gasteiger partial charge in [-0.15, -0.1) is 0 Å². The van der Waals surface area contributed by atoms with Crippen LogP contribution in [0.2, 0.25) is 0 Å². The molecule has 0 heterocycles. The van der Waals surface area contributed by atoms with Crippen LogP contribution >= 0.6 is 0 Å². The van der Waals surface area contributed by atoms with Gasteiger partial charge in [-0.25, -0.2) is 0 Å². The summed E-state index contributed by atoms with van der Waals surface area (Å²) in [7, 11) is 0. The van der Waals surface area contributed by atoms with Crippen LogP contribution in [0.1, 0.15) is 33.6 Å². The van der Waals surface area contributed by atoms with E-state index in [4.69, 9.17) is 5.11 Å². The molecule has 3 nitrogen and oxygen atoms in total. The highest BCUT2D eigenvalue weighted by atomic mass is 16.4. The van der Waals surface area contributed by atoms with Crippen molar-refractivity contribution in [3.05, 3.63) is 0 Å². The normalized spacial score (nSPS) is 38.6. The lowest BCUT2D eigenvalue weighted by Gasteiger charge is -2.42. The van der Waals surface area contributed by atoms with Crippen molar-refractivity contribution in [1.82, 2.24) is 0 Å². The maximum atomic E-state index is 11.0. The Labute approximate surface area is 78.8 Å². The first-order valence-corrected chi connectivity index (χ1v) is 4.75. The fraction of sp³-hybridized carbons (Fsp3) is 0.900. The van der Waals surface area contributed by atoms with Gasteiger partial charge in [0.05, 0.1) is 12.0 Å². The molecule has 3 unspecified atom stereocenters. The van der Waals surface area contributed by atoms with Gasteiger partial charge in [-0.3, -0.25) is 4.79 Å². The Kier molecular flexibility index (Phi) is 2.66. The first kappa shape index (κ1) is 10.5. The SMILES string of the molecule is CC1CC(O)CC(C)(C)C1C(=O)O. The van der Waals surface area contributed by atoms with E-state index >= 15 is 0 Å². The lowest BCUT2D eigenvalue weighted by atomic mass is 9.63. The Balaban J connectivity index is 2.85. The summed E-state index contributed by atoms with van der Waals surface area (Å²) in [6.07, 6.45) is 0.870. The fourth-order valence-electron chi connectivity index (χ4n) is 2.73. The average molecular weight is 186 g/mol. The summed E-state index contributed by atoms with van der Waals surface area (Å²) in [6.45, 7) is 5.75. The van der Waals surface area contributed by atoms with Crippen LogP contribution in [0.5, 0.6) is 0 Å². The van der Waals surface area contributed by atoms with E-state index in [-0.39, 0.29) is 23.4 Å². The van der Waals surface area contributed by atoms with Gasteiger partial charge >= 0.3 is 5.97 Å². The van der Waals surface area contributed by atoms with Crippen molar-refractivity contribution >= 4 is 5.97 Å². The maximum Gasteiger partial charge on any atom is 0.307 e. The zero-order valence-corrected chi connectivity index (χ0v) is 8.45. The second kappa shape index (κ2) is 3.29. The molecule has 3 atom stereocenters. The van der Waals surface area contributed by atoms with Crippen LogP contribution in [0.25, 0.3) is 0 Å². The van der Waals surface area contributed by atoms with Gasteiger partial charge in [0.1, 0.15) is 0 Å². The van der Waals surface area contributed by atoms with Crippen molar-refractivity contribution in [2.45, 2.75) is 39.7 Å². The molecular weight excluding hydrogens is 168 g/mol. The molecule has 1 rings (SSSR count). The summed E-state index contributed by atoms with van der Waals surface area (Å²) < 4.78 is 0. The van der Waals surface area contributed by atoms with Crippen molar-refractivity contribution in [3.8, 4) is 0 Å². The van der Waals surface area contributed by atoms with Gasteiger partial charge in [-0.05, 0) is 24.2 Å². The molecule has 1 aliphatic carbocycles. The van der Waals surface area contributed by atoms with Gasteiger partial charge in [0, 0.05) is 0 Å². The highest BCUT2D eigenvalue weighted by molar-refractivity contribution is 5.71. The fourth-order valence-corrected chi connectivity index (χ4v) is 2.73. The van der Waals surface area contributed by atoms with E-state index in [0.717, 1.165) is 0 Å². The van der Waals surface area contributed by atoms with Crippen LogP contribution < -0.4 is 0 Å². The van der Waals surface area contributed by atoms with Gasteiger partial charge in [0.15, 0.2) is 0 Å². The zero-order valence-electron chi connectivity index (χ0n) is 8.45. The molecular formula is C10H18O3. The van der Waals surface area contributed by atoms with Crippen LogP contribution in [0.15, 0.2) is 0 Å². The molecule has 0 radical (unpaired) electrons. The zero-order chi connectivity index (χ0) is 10.2. The third-order valence-corrected chi connectivity index (χ3v) is 3.08. The first-order valence-electron chi connectivity index (χ1n) is 4.75. The average Bonchev–Trinajstić information content (AvgIpc) is 1.78. The lowest BCUT2D eigenvalue weighted by molar-refractivity contribution is -0.153. The van der Waals surface area contributed by atoms with Crippen LogP contribution in [0.3, 0.4) is 0 Å². The predicted molar refractivity (Wildman–Crippen MR) is 49.3 cm³/mol. The molecule has 1 aliphatic rings. The molecule has 2 N–H and O–H groups in total. The molecule has 0 spiro atoms. The number of rotatable bonds is 1. The number of carboxylic acid groups (broad SMARTS) is 1. The molecule has 1 saturated carbocycles. The molecule has 1 fully saturated rings. The summed E-state index contributed by atoms with van der Waals surface area (Å²) in [5.74, 6) is -0.989. The van der Waals surface area contributed by atoms with E-state index < -0.39 is 5.97 Å². The van der Waals surface area contributed by atoms with Gasteiger partial charge in [-0.1, -0.05) is 20.8 Å². The van der Waals surface area contributed by atoms with E-state index in [0.29, 0.717) is 12.8 Å². The number of carboxylic acids is 1. The molecule has 0 aromatic heterocycles. The van der Waals surface area contributed by atoms with Crippen LogP contribution in [-0.4, -0.2) is 22.3 Å². The topological polar surface area (TPSA) is 57.5 Å². The number of hydrogen-bond donors (Lipinski definition) is 2. The second-order valence-corrected chi connectivity index (χ2v) is 4.88. The second-order valence-electron chi connectivity index (χ2n) is 4.88. The summed E-state index contributed by atoms with van der Waals surface area (Å²) in [5.41, 5.74) is -0.289. The highest BCUT2D eigenvalue weighted by Crippen LogP contribution is 2.43. The minimum atomic E-state index is -0.732. The monoisotopic (exact) mass is 186 g/mol. The van der Waals surface area contributed by atoms with Crippen molar-refractivity contribution in [2.24, 2.45) is 17.3 Å². The Bertz CT molecular complexity index is 210. The quantitative estimate of drug-likeness (QED) is 0.652. The molecule has 3 heteroatoms. The standard InChI is InChI=1S/C10H18O3/c1-6-4-7(11)5-10(2,3)8(6)9(12)13/h6-8,11H,4-5H2,1-3H3,(H,12,13). The maximum absolute atomic E-state index is 11.0. The van der Waals surface area contributed by atoms with Gasteiger partial charge in [-0.2, -0.15) is 0 Å². The summed E-state index contributed by atoms with van der Waals surface area (Å²) >= 11 is 0. The van der Waals surface area contributed by atoms with Crippen molar-refractivity contribution < 1.29 is 15.0 Å². The Hall–Kier alpha value is -0.570. The van der Waals surface area contributed by atoms with E-state index in [2.05, 4.69) is 0 Å². The van der Waals surface area contributed by atoms with Gasteiger partial charge < -0.3 is 10.2 Å². The van der Waals surface area contributed by atoms with Crippen LogP contribution in [0, 0.1) is 17.3 Å². The molecule has 0 bridgehead atoms. The minimum absolute atomic E-state index is 0.0660.